The van der Waals surface area contributed by atoms with Gasteiger partial charge in [-0.05, 0) is 43.7 Å². The van der Waals surface area contributed by atoms with E-state index in [9.17, 15) is 4.79 Å². The van der Waals surface area contributed by atoms with Crippen LogP contribution in [0.2, 0.25) is 0 Å². The van der Waals surface area contributed by atoms with Gasteiger partial charge >= 0.3 is 0 Å². The van der Waals surface area contributed by atoms with Gasteiger partial charge in [-0.15, -0.1) is 0 Å². The minimum Gasteiger partial charge on any atom is -0.368 e. The Labute approximate surface area is 183 Å². The van der Waals surface area contributed by atoms with Gasteiger partial charge in [0.1, 0.15) is 11.6 Å². The number of thioether (sulfide) groups is 1. The van der Waals surface area contributed by atoms with E-state index >= 15 is 0 Å². The van der Waals surface area contributed by atoms with E-state index in [1.165, 1.54) is 16.3 Å². The number of pyridine rings is 1. The zero-order valence-corrected chi connectivity index (χ0v) is 18.5. The van der Waals surface area contributed by atoms with Crippen molar-refractivity contribution in [2.24, 2.45) is 0 Å². The van der Waals surface area contributed by atoms with Crippen LogP contribution in [0.25, 0.3) is 16.7 Å². The molecule has 31 heavy (non-hydrogen) atoms. The summed E-state index contributed by atoms with van der Waals surface area (Å²) in [6.07, 6.45) is 1.68. The van der Waals surface area contributed by atoms with Crippen molar-refractivity contribution in [1.29, 1.82) is 0 Å². The number of nitrogen functional groups attached to an aromatic ring is 1. The number of fused-ring (bicyclic) bond motifs is 1. The van der Waals surface area contributed by atoms with Gasteiger partial charge in [0.15, 0.2) is 5.16 Å². The molecule has 0 aliphatic heterocycles. The summed E-state index contributed by atoms with van der Waals surface area (Å²) in [6, 6.07) is 11.0. The van der Waals surface area contributed by atoms with Crippen molar-refractivity contribution >= 4 is 34.6 Å². The van der Waals surface area contributed by atoms with Gasteiger partial charge < -0.3 is 10.6 Å². The molecule has 3 aromatic heterocycles. The lowest BCUT2D eigenvalue weighted by Crippen LogP contribution is -2.23. The Balaban J connectivity index is 1.85. The highest BCUT2D eigenvalue weighted by atomic mass is 32.2. The third-order valence-electron chi connectivity index (χ3n) is 4.58. The Bertz CT molecular complexity index is 1320. The third kappa shape index (κ3) is 4.19. The number of nitrogens with two attached hydrogens (primary N) is 1. The second-order valence-corrected chi connectivity index (χ2v) is 8.56. The molecule has 0 bridgehead atoms. The molecular formula is C21H22N8OS. The minimum atomic E-state index is -0.242. The first-order chi connectivity index (χ1) is 14.8. The molecule has 0 radical (unpaired) electrons. The molecule has 2 N–H and O–H groups in total. The Morgan fingerprint density at radius 2 is 1.87 bits per heavy atom. The number of anilines is 2. The largest absolute Gasteiger partial charge is 0.368 e. The second-order valence-electron chi connectivity index (χ2n) is 7.25. The lowest BCUT2D eigenvalue weighted by atomic mass is 10.2. The molecule has 10 heteroatoms. The smallest absolute Gasteiger partial charge is 0.267 e. The van der Waals surface area contributed by atoms with Gasteiger partial charge in [0.25, 0.3) is 5.56 Å². The SMILES string of the molecule is Cc1ccnc(-n2c(SC(C)c3nc(N)nc(N(C)C)n3)nc3ccccc3c2=O)c1. The molecular weight excluding hydrogens is 412 g/mol. The Kier molecular flexibility index (Phi) is 5.55. The predicted molar refractivity (Wildman–Crippen MR) is 123 cm³/mol. The number of hydrogen-bond donors (Lipinski definition) is 1. The molecule has 1 atom stereocenters. The molecule has 0 aliphatic rings. The van der Waals surface area contributed by atoms with Crippen LogP contribution in [-0.2, 0) is 0 Å². The van der Waals surface area contributed by atoms with Gasteiger partial charge in [0, 0.05) is 20.3 Å². The first-order valence-electron chi connectivity index (χ1n) is 9.63. The van der Waals surface area contributed by atoms with E-state index < -0.39 is 0 Å². The summed E-state index contributed by atoms with van der Waals surface area (Å²) in [5.74, 6) is 1.64. The lowest BCUT2D eigenvalue weighted by molar-refractivity contribution is 0.785. The molecule has 4 rings (SSSR count). The summed E-state index contributed by atoms with van der Waals surface area (Å²) < 4.78 is 1.54. The number of para-hydroxylation sites is 1. The highest BCUT2D eigenvalue weighted by Crippen LogP contribution is 2.33. The first kappa shape index (κ1) is 20.7. The summed E-state index contributed by atoms with van der Waals surface area (Å²) in [6.45, 7) is 3.89. The van der Waals surface area contributed by atoms with Crippen LogP contribution in [0, 0.1) is 6.92 Å². The maximum absolute atomic E-state index is 13.4. The van der Waals surface area contributed by atoms with Crippen LogP contribution >= 0.6 is 11.8 Å². The van der Waals surface area contributed by atoms with Crippen molar-refractivity contribution in [2.45, 2.75) is 24.3 Å². The maximum Gasteiger partial charge on any atom is 0.267 e. The summed E-state index contributed by atoms with van der Waals surface area (Å²) >= 11 is 1.37. The van der Waals surface area contributed by atoms with Crippen LogP contribution in [0.3, 0.4) is 0 Å². The number of hydrogen-bond acceptors (Lipinski definition) is 9. The minimum absolute atomic E-state index is 0.144. The summed E-state index contributed by atoms with van der Waals surface area (Å²) in [5, 5.41) is 0.787. The molecule has 0 amide bonds. The van der Waals surface area contributed by atoms with E-state index in [1.807, 2.05) is 58.3 Å². The van der Waals surface area contributed by atoms with Crippen LogP contribution in [0.5, 0.6) is 0 Å². The molecule has 0 aliphatic carbocycles. The van der Waals surface area contributed by atoms with Gasteiger partial charge in [0.05, 0.1) is 16.2 Å². The molecule has 0 spiro atoms. The topological polar surface area (TPSA) is 116 Å². The number of aromatic nitrogens is 6. The highest BCUT2D eigenvalue weighted by Gasteiger charge is 2.20. The fraction of sp³-hybridized carbons (Fsp3) is 0.238. The van der Waals surface area contributed by atoms with Crippen molar-refractivity contribution in [3.63, 3.8) is 0 Å². The van der Waals surface area contributed by atoms with Crippen molar-refractivity contribution in [1.82, 2.24) is 29.5 Å². The predicted octanol–water partition coefficient (Wildman–Crippen LogP) is 2.78. The zero-order valence-electron chi connectivity index (χ0n) is 17.6. The summed E-state index contributed by atoms with van der Waals surface area (Å²) in [5.41, 5.74) is 7.32. The van der Waals surface area contributed by atoms with Gasteiger partial charge in [-0.3, -0.25) is 4.79 Å². The molecule has 1 unspecified atom stereocenters. The van der Waals surface area contributed by atoms with Crippen molar-refractivity contribution in [3.05, 3.63) is 64.3 Å². The monoisotopic (exact) mass is 434 g/mol. The van der Waals surface area contributed by atoms with E-state index in [4.69, 9.17) is 10.7 Å². The molecule has 0 saturated carbocycles. The average Bonchev–Trinajstić information content (AvgIpc) is 2.73. The van der Waals surface area contributed by atoms with Crippen LogP contribution < -0.4 is 16.2 Å². The van der Waals surface area contributed by atoms with Gasteiger partial charge in [-0.1, -0.05) is 23.9 Å². The molecule has 1 aromatic carbocycles. The molecule has 0 saturated heterocycles. The normalized spacial score (nSPS) is 12.1. The first-order valence-corrected chi connectivity index (χ1v) is 10.5. The van der Waals surface area contributed by atoms with Crippen LogP contribution in [0.4, 0.5) is 11.9 Å². The average molecular weight is 435 g/mol. The second kappa shape index (κ2) is 8.31. The quantitative estimate of drug-likeness (QED) is 0.374. The van der Waals surface area contributed by atoms with Crippen molar-refractivity contribution in [2.75, 3.05) is 24.7 Å². The standard InChI is InChI=1S/C21H22N8OS/c1-12-9-10-23-16(11-12)29-18(30)14-7-5-6-8-15(14)24-21(29)31-13(2)17-25-19(22)27-20(26-17)28(3)4/h5-11,13H,1-4H3,(H2,22,25,26,27). The number of benzene rings is 1. The number of rotatable bonds is 5. The Morgan fingerprint density at radius 3 is 2.61 bits per heavy atom. The van der Waals surface area contributed by atoms with Crippen LogP contribution in [0.1, 0.15) is 23.6 Å². The molecule has 3 heterocycles. The number of aryl methyl sites for hydroxylation is 1. The lowest BCUT2D eigenvalue weighted by Gasteiger charge is -2.17. The zero-order chi connectivity index (χ0) is 22.1. The van der Waals surface area contributed by atoms with Crippen LogP contribution in [-0.4, -0.2) is 43.6 Å². The van der Waals surface area contributed by atoms with Crippen molar-refractivity contribution < 1.29 is 0 Å². The molecule has 158 valence electrons. The van der Waals surface area contributed by atoms with Gasteiger partial charge in [-0.25, -0.2) is 14.5 Å². The third-order valence-corrected chi connectivity index (χ3v) is 5.63. The fourth-order valence-corrected chi connectivity index (χ4v) is 3.99. The maximum atomic E-state index is 13.4. The van der Waals surface area contributed by atoms with Gasteiger partial charge in [-0.2, -0.15) is 15.0 Å². The fourth-order valence-electron chi connectivity index (χ4n) is 3.03. The van der Waals surface area contributed by atoms with E-state index in [0.29, 0.717) is 33.6 Å². The van der Waals surface area contributed by atoms with Gasteiger partial charge in [0.2, 0.25) is 11.9 Å². The Hall–Kier alpha value is -3.53. The highest BCUT2D eigenvalue weighted by molar-refractivity contribution is 7.99. The van der Waals surface area contributed by atoms with E-state index in [1.54, 1.807) is 17.2 Å². The summed E-state index contributed by atoms with van der Waals surface area (Å²) in [7, 11) is 3.67. The Morgan fingerprint density at radius 1 is 1.10 bits per heavy atom. The van der Waals surface area contributed by atoms with E-state index in [-0.39, 0.29) is 16.8 Å². The van der Waals surface area contributed by atoms with E-state index in [2.05, 4.69) is 19.9 Å². The summed E-state index contributed by atoms with van der Waals surface area (Å²) in [4.78, 5) is 37.3. The number of nitrogens with zero attached hydrogens (tertiary/aromatic N) is 7. The molecule has 9 nitrogen and oxygen atoms in total. The van der Waals surface area contributed by atoms with E-state index in [0.717, 1.165) is 5.56 Å². The van der Waals surface area contributed by atoms with Crippen molar-refractivity contribution in [3.8, 4) is 5.82 Å². The molecule has 4 aromatic rings. The molecule has 0 fully saturated rings. The van der Waals surface area contributed by atoms with Crippen LogP contribution in [0.15, 0.2) is 52.5 Å².